The van der Waals surface area contributed by atoms with Crippen LogP contribution in [0, 0.1) is 0 Å². The Balaban J connectivity index is 2.21. The van der Waals surface area contributed by atoms with Crippen LogP contribution in [0.4, 0.5) is 10.5 Å². The van der Waals surface area contributed by atoms with Gasteiger partial charge < -0.3 is 14.8 Å². The molecule has 118 valence electrons. The summed E-state index contributed by atoms with van der Waals surface area (Å²) < 4.78 is 10.4. The van der Waals surface area contributed by atoms with Crippen molar-refractivity contribution in [2.75, 3.05) is 5.32 Å². The molecule has 1 aliphatic rings. The van der Waals surface area contributed by atoms with E-state index in [-0.39, 0.29) is 0 Å². The van der Waals surface area contributed by atoms with Gasteiger partial charge in [-0.3, -0.25) is 5.32 Å². The smallest absolute Gasteiger partial charge is 0.412 e. The van der Waals surface area contributed by atoms with Crippen LogP contribution in [0.2, 0.25) is 0 Å². The van der Waals surface area contributed by atoms with Crippen LogP contribution in [0.15, 0.2) is 18.2 Å². The Morgan fingerprint density at radius 3 is 2.73 bits per heavy atom. The van der Waals surface area contributed by atoms with Crippen molar-refractivity contribution < 1.29 is 19.1 Å². The Hall–Kier alpha value is -2.15. The minimum absolute atomic E-state index is 0.363. The number of thiocarbonyl (C=S) groups is 1. The molecule has 0 saturated heterocycles. The molecule has 6 nitrogen and oxygen atoms in total. The lowest BCUT2D eigenvalue weighted by Crippen LogP contribution is -2.37. The van der Waals surface area contributed by atoms with E-state index in [1.807, 2.05) is 0 Å². The van der Waals surface area contributed by atoms with Crippen LogP contribution in [-0.2, 0) is 9.53 Å². The van der Waals surface area contributed by atoms with Gasteiger partial charge in [-0.2, -0.15) is 0 Å². The summed E-state index contributed by atoms with van der Waals surface area (Å²) in [5.41, 5.74) is 0.460. The lowest BCUT2D eigenvalue weighted by molar-refractivity contribution is -0.135. The number of rotatable bonds is 1. The van der Waals surface area contributed by atoms with Gasteiger partial charge in [-0.1, -0.05) is 12.2 Å². The molecule has 1 aromatic carbocycles. The second-order valence-electron chi connectivity index (χ2n) is 5.95. The summed E-state index contributed by atoms with van der Waals surface area (Å²) >= 11 is 5.25. The average molecular weight is 322 g/mol. The number of carbonyl (C=O) groups excluding carboxylic acids is 2. The number of amides is 1. The van der Waals surface area contributed by atoms with Gasteiger partial charge in [-0.15, -0.1) is 0 Å². The zero-order chi connectivity index (χ0) is 16.5. The van der Waals surface area contributed by atoms with Crippen molar-refractivity contribution in [3.8, 4) is 5.75 Å². The van der Waals surface area contributed by atoms with Crippen molar-refractivity contribution in [1.82, 2.24) is 5.32 Å². The highest BCUT2D eigenvalue weighted by molar-refractivity contribution is 7.80. The third kappa shape index (κ3) is 3.94. The highest BCUT2D eigenvalue weighted by Gasteiger charge is 2.25. The van der Waals surface area contributed by atoms with Gasteiger partial charge in [0.2, 0.25) is 0 Å². The molecule has 0 spiro atoms. The van der Waals surface area contributed by atoms with E-state index < -0.39 is 23.7 Å². The van der Waals surface area contributed by atoms with Crippen molar-refractivity contribution >= 4 is 35.0 Å². The normalized spacial score (nSPS) is 17.7. The van der Waals surface area contributed by atoms with Gasteiger partial charge in [0.1, 0.15) is 22.4 Å². The van der Waals surface area contributed by atoms with Crippen molar-refractivity contribution in [2.24, 2.45) is 0 Å². The molecule has 0 aliphatic carbocycles. The Morgan fingerprint density at radius 2 is 2.09 bits per heavy atom. The van der Waals surface area contributed by atoms with Gasteiger partial charge in [0.05, 0.1) is 5.56 Å². The van der Waals surface area contributed by atoms with Crippen molar-refractivity contribution in [3.63, 3.8) is 0 Å². The molecule has 2 N–H and O–H groups in total. The molecule has 1 amide bonds. The number of anilines is 1. The molecule has 0 radical (unpaired) electrons. The average Bonchev–Trinajstić information content (AvgIpc) is 2.46. The maximum absolute atomic E-state index is 11.8. The van der Waals surface area contributed by atoms with Crippen molar-refractivity contribution in [1.29, 1.82) is 0 Å². The van der Waals surface area contributed by atoms with E-state index in [2.05, 4.69) is 10.6 Å². The zero-order valence-electron chi connectivity index (χ0n) is 12.9. The Morgan fingerprint density at radius 1 is 1.41 bits per heavy atom. The molecule has 1 heterocycles. The number of esters is 1. The first-order valence-corrected chi connectivity index (χ1v) is 7.23. The summed E-state index contributed by atoms with van der Waals surface area (Å²) in [6, 6.07) is 4.32. The summed E-state index contributed by atoms with van der Waals surface area (Å²) in [6.07, 6.45) is -0.565. The van der Waals surface area contributed by atoms with Crippen LogP contribution in [0.3, 0.4) is 0 Å². The van der Waals surface area contributed by atoms with E-state index in [9.17, 15) is 9.59 Å². The molecule has 7 heteroatoms. The summed E-state index contributed by atoms with van der Waals surface area (Å²) in [5, 5.41) is 5.50. The number of benzene rings is 1. The van der Waals surface area contributed by atoms with E-state index in [0.717, 1.165) is 0 Å². The fourth-order valence-corrected chi connectivity index (χ4v) is 2.16. The summed E-state index contributed by atoms with van der Waals surface area (Å²) in [7, 11) is 0. The third-order valence-electron chi connectivity index (χ3n) is 2.78. The predicted octanol–water partition coefficient (Wildman–Crippen LogP) is 2.61. The lowest BCUT2D eigenvalue weighted by Gasteiger charge is -2.20. The lowest BCUT2D eigenvalue weighted by atomic mass is 10.1. The Labute approximate surface area is 134 Å². The van der Waals surface area contributed by atoms with Crippen molar-refractivity contribution in [3.05, 3.63) is 23.8 Å². The first kappa shape index (κ1) is 16.2. The van der Waals surface area contributed by atoms with Gasteiger partial charge in [-0.25, -0.2) is 9.59 Å². The molecule has 0 fully saturated rings. The van der Waals surface area contributed by atoms with E-state index in [1.165, 1.54) is 0 Å². The molecule has 0 bridgehead atoms. The number of carbonyl (C=O) groups is 2. The maximum atomic E-state index is 11.8. The van der Waals surface area contributed by atoms with Gasteiger partial charge >= 0.3 is 12.1 Å². The van der Waals surface area contributed by atoms with E-state index in [0.29, 0.717) is 22.0 Å². The molecule has 2 rings (SSSR count). The molecule has 1 atom stereocenters. The molecule has 0 saturated carbocycles. The van der Waals surface area contributed by atoms with Crippen LogP contribution < -0.4 is 15.4 Å². The fourth-order valence-electron chi connectivity index (χ4n) is 1.83. The SMILES string of the molecule is C[C@@H]1NC(=S)c2cc(NC(=O)OC(C)(C)C)ccc2OC1=O. The monoisotopic (exact) mass is 322 g/mol. The van der Waals surface area contributed by atoms with Gasteiger partial charge in [0.15, 0.2) is 0 Å². The fraction of sp³-hybridized carbons (Fsp3) is 0.400. The van der Waals surface area contributed by atoms with E-state index in [4.69, 9.17) is 21.7 Å². The van der Waals surface area contributed by atoms with Crippen LogP contribution in [0.5, 0.6) is 5.75 Å². The quantitative estimate of drug-likeness (QED) is 0.470. The predicted molar refractivity (Wildman–Crippen MR) is 86.2 cm³/mol. The standard InChI is InChI=1S/C15H18N2O4S/c1-8-13(18)20-11-6-5-9(7-10(11)12(22)16-8)17-14(19)21-15(2,3)4/h5-8H,1-4H3,(H,16,22)(H,17,19)/t8-/m0/s1. The minimum Gasteiger partial charge on any atom is -0.444 e. The molecule has 22 heavy (non-hydrogen) atoms. The van der Waals surface area contributed by atoms with Gasteiger partial charge in [0, 0.05) is 5.69 Å². The van der Waals surface area contributed by atoms with Crippen LogP contribution in [-0.4, -0.2) is 28.7 Å². The molecular weight excluding hydrogens is 304 g/mol. The van der Waals surface area contributed by atoms with Crippen LogP contribution in [0.25, 0.3) is 0 Å². The molecule has 0 aromatic heterocycles. The van der Waals surface area contributed by atoms with E-state index in [1.54, 1.807) is 45.9 Å². The number of hydrogen-bond donors (Lipinski definition) is 2. The molecule has 1 aromatic rings. The first-order chi connectivity index (χ1) is 10.2. The Bertz CT molecular complexity index is 637. The van der Waals surface area contributed by atoms with Crippen LogP contribution >= 0.6 is 12.2 Å². The van der Waals surface area contributed by atoms with Gasteiger partial charge in [0.25, 0.3) is 0 Å². The summed E-state index contributed by atoms with van der Waals surface area (Å²) in [4.78, 5) is 23.9. The Kier molecular flexibility index (Phi) is 4.37. The first-order valence-electron chi connectivity index (χ1n) is 6.82. The highest BCUT2D eigenvalue weighted by Crippen LogP contribution is 2.26. The maximum Gasteiger partial charge on any atom is 0.412 e. The second-order valence-corrected chi connectivity index (χ2v) is 6.36. The highest BCUT2D eigenvalue weighted by atomic mass is 32.1. The number of ether oxygens (including phenoxy) is 2. The minimum atomic E-state index is -0.586. The topological polar surface area (TPSA) is 76.7 Å². The van der Waals surface area contributed by atoms with Crippen LogP contribution in [0.1, 0.15) is 33.3 Å². The summed E-state index contributed by atoms with van der Waals surface area (Å²) in [6.45, 7) is 7.01. The zero-order valence-corrected chi connectivity index (χ0v) is 13.7. The molecule has 1 aliphatic heterocycles. The van der Waals surface area contributed by atoms with E-state index >= 15 is 0 Å². The number of hydrogen-bond acceptors (Lipinski definition) is 5. The molecule has 0 unspecified atom stereocenters. The third-order valence-corrected chi connectivity index (χ3v) is 3.12. The number of fused-ring (bicyclic) bond motifs is 1. The van der Waals surface area contributed by atoms with Crippen molar-refractivity contribution in [2.45, 2.75) is 39.3 Å². The largest absolute Gasteiger partial charge is 0.444 e. The van der Waals surface area contributed by atoms with Gasteiger partial charge in [-0.05, 0) is 45.9 Å². The summed E-state index contributed by atoms with van der Waals surface area (Å²) in [5.74, 6) is -0.0458. The second kappa shape index (κ2) is 5.92. The number of nitrogens with one attached hydrogen (secondary N) is 2. The molecular formula is C15H18N2O4S.